The number of allylic oxidation sites excluding steroid dienone is 1. The van der Waals surface area contributed by atoms with Gasteiger partial charge in [-0.3, -0.25) is 0 Å². The van der Waals surface area contributed by atoms with Gasteiger partial charge in [0.25, 0.3) is 0 Å². The molecule has 0 saturated carbocycles. The van der Waals surface area contributed by atoms with Crippen molar-refractivity contribution in [2.75, 3.05) is 5.75 Å². The van der Waals surface area contributed by atoms with Crippen LogP contribution in [0.1, 0.15) is 17.3 Å². The number of hydrogen-bond acceptors (Lipinski definition) is 4. The largest absolute Gasteiger partial charge is 0.478 e. The third kappa shape index (κ3) is 4.25. The molecule has 0 aromatic heterocycles. The highest BCUT2D eigenvalue weighted by molar-refractivity contribution is 7.99. The number of rotatable bonds is 6. The lowest BCUT2D eigenvalue weighted by molar-refractivity contribution is 0.0696. The Kier molecular flexibility index (Phi) is 5.82. The smallest absolute Gasteiger partial charge is 0.335 e. The highest BCUT2D eigenvalue weighted by Crippen LogP contribution is 2.37. The van der Waals surface area contributed by atoms with Crippen LogP contribution in [-0.2, 0) is 10.0 Å². The van der Waals surface area contributed by atoms with E-state index in [0.29, 0.717) is 21.8 Å². The Morgan fingerprint density at radius 2 is 1.92 bits per heavy atom. The molecule has 3 N–H and O–H groups in total. The van der Waals surface area contributed by atoms with Crippen LogP contribution in [0.3, 0.4) is 0 Å². The quantitative estimate of drug-likeness (QED) is 0.606. The first kappa shape index (κ1) is 18.3. The van der Waals surface area contributed by atoms with Crippen molar-refractivity contribution in [2.24, 2.45) is 5.14 Å². The third-order valence-electron chi connectivity index (χ3n) is 3.25. The van der Waals surface area contributed by atoms with Crippen LogP contribution in [0, 0.1) is 0 Å². The summed E-state index contributed by atoms with van der Waals surface area (Å²) < 4.78 is 24.1. The van der Waals surface area contributed by atoms with Gasteiger partial charge in [-0.15, -0.1) is 11.8 Å². The molecule has 0 heterocycles. The molecule has 2 aromatic rings. The fourth-order valence-electron chi connectivity index (χ4n) is 2.18. The van der Waals surface area contributed by atoms with Crippen molar-refractivity contribution in [3.63, 3.8) is 0 Å². The van der Waals surface area contributed by atoms with E-state index >= 15 is 0 Å². The standard InChI is InChI=1S/C17H17NO4S2/c1-2-3-9-23-14-10-13(17(19)20)11-15(24(18,21)22)16(14)12-7-5-4-6-8-12/h2-8,10-11H,9H2,1H3,(H,19,20)(H2,18,21,22)/b3-2+. The molecule has 0 aliphatic heterocycles. The summed E-state index contributed by atoms with van der Waals surface area (Å²) in [5.74, 6) is -0.615. The molecule has 0 radical (unpaired) electrons. The predicted molar refractivity (Wildman–Crippen MR) is 95.7 cm³/mol. The molecule has 5 nitrogen and oxygen atoms in total. The Morgan fingerprint density at radius 3 is 2.46 bits per heavy atom. The van der Waals surface area contributed by atoms with Crippen LogP contribution >= 0.6 is 11.8 Å². The zero-order valence-corrected chi connectivity index (χ0v) is 14.6. The zero-order valence-electron chi connectivity index (χ0n) is 13.0. The summed E-state index contributed by atoms with van der Waals surface area (Å²) in [5, 5.41) is 14.6. The number of benzene rings is 2. The molecule has 0 atom stereocenters. The summed E-state index contributed by atoms with van der Waals surface area (Å²) in [6.45, 7) is 1.88. The molecular formula is C17H17NO4S2. The number of carbonyl (C=O) groups is 1. The number of primary sulfonamides is 1. The van der Waals surface area contributed by atoms with Crippen LogP contribution in [0.25, 0.3) is 11.1 Å². The molecular weight excluding hydrogens is 346 g/mol. The maximum Gasteiger partial charge on any atom is 0.335 e. The van der Waals surface area contributed by atoms with Gasteiger partial charge in [-0.05, 0) is 24.6 Å². The van der Waals surface area contributed by atoms with E-state index in [1.165, 1.54) is 17.8 Å². The number of thioether (sulfide) groups is 1. The molecule has 126 valence electrons. The minimum absolute atomic E-state index is 0.110. The van der Waals surface area contributed by atoms with Crippen LogP contribution in [0.2, 0.25) is 0 Å². The number of aromatic carboxylic acids is 1. The minimum atomic E-state index is -4.09. The third-order valence-corrected chi connectivity index (χ3v) is 5.18. The van der Waals surface area contributed by atoms with E-state index in [9.17, 15) is 18.3 Å². The molecule has 0 spiro atoms. The Balaban J connectivity index is 2.78. The van der Waals surface area contributed by atoms with E-state index in [1.807, 2.05) is 25.1 Å². The second kappa shape index (κ2) is 7.65. The Labute approximate surface area is 145 Å². The molecule has 0 saturated heterocycles. The van der Waals surface area contributed by atoms with Gasteiger partial charge in [-0.2, -0.15) is 0 Å². The minimum Gasteiger partial charge on any atom is -0.478 e. The number of nitrogens with two attached hydrogens (primary N) is 1. The van der Waals surface area contributed by atoms with Gasteiger partial charge in [-0.25, -0.2) is 18.4 Å². The first-order valence-electron chi connectivity index (χ1n) is 7.08. The maximum absolute atomic E-state index is 12.0. The van der Waals surface area contributed by atoms with Crippen LogP contribution < -0.4 is 5.14 Å². The van der Waals surface area contributed by atoms with E-state index in [2.05, 4.69) is 0 Å². The van der Waals surface area contributed by atoms with Crippen LogP contribution in [0.5, 0.6) is 0 Å². The van der Waals surface area contributed by atoms with Crippen LogP contribution in [-0.4, -0.2) is 25.2 Å². The lowest BCUT2D eigenvalue weighted by Crippen LogP contribution is -2.15. The molecule has 0 unspecified atom stereocenters. The average Bonchev–Trinajstić information content (AvgIpc) is 2.54. The Morgan fingerprint density at radius 1 is 1.25 bits per heavy atom. The second-order valence-corrected chi connectivity index (χ2v) is 7.54. The molecule has 0 aliphatic carbocycles. The summed E-state index contributed by atoms with van der Waals surface area (Å²) in [7, 11) is -4.09. The van der Waals surface area contributed by atoms with Gasteiger partial charge in [0.2, 0.25) is 10.0 Å². The fourth-order valence-corrected chi connectivity index (χ4v) is 4.09. The van der Waals surface area contributed by atoms with Crippen LogP contribution in [0.4, 0.5) is 0 Å². The van der Waals surface area contributed by atoms with Gasteiger partial charge in [0.1, 0.15) is 0 Å². The van der Waals surface area contributed by atoms with Gasteiger partial charge in [-0.1, -0.05) is 42.5 Å². The van der Waals surface area contributed by atoms with Gasteiger partial charge in [0, 0.05) is 16.2 Å². The summed E-state index contributed by atoms with van der Waals surface area (Å²) in [6.07, 6.45) is 3.78. The number of sulfonamides is 1. The van der Waals surface area contributed by atoms with Gasteiger partial charge in [0.05, 0.1) is 10.5 Å². The number of carboxylic acid groups (broad SMARTS) is 1. The maximum atomic E-state index is 12.0. The van der Waals surface area contributed by atoms with E-state index < -0.39 is 16.0 Å². The van der Waals surface area contributed by atoms with E-state index in [-0.39, 0.29) is 10.5 Å². The fraction of sp³-hybridized carbons (Fsp3) is 0.118. The topological polar surface area (TPSA) is 97.5 Å². The molecule has 2 aromatic carbocycles. The van der Waals surface area contributed by atoms with Crippen molar-refractivity contribution in [3.8, 4) is 11.1 Å². The van der Waals surface area contributed by atoms with Gasteiger partial charge >= 0.3 is 5.97 Å². The number of hydrogen-bond donors (Lipinski definition) is 2. The normalized spacial score (nSPS) is 11.8. The van der Waals surface area contributed by atoms with Crippen molar-refractivity contribution in [1.82, 2.24) is 0 Å². The summed E-state index contributed by atoms with van der Waals surface area (Å²) in [6, 6.07) is 11.5. The first-order chi connectivity index (χ1) is 11.3. The van der Waals surface area contributed by atoms with Crippen molar-refractivity contribution in [3.05, 3.63) is 60.2 Å². The Hall–Kier alpha value is -2.09. The molecule has 0 aliphatic rings. The van der Waals surface area contributed by atoms with E-state index in [4.69, 9.17) is 5.14 Å². The molecule has 0 fully saturated rings. The summed E-state index contributed by atoms with van der Waals surface area (Å²) in [4.78, 5) is 11.7. The number of carboxylic acids is 1. The lowest BCUT2D eigenvalue weighted by atomic mass is 10.0. The first-order valence-corrected chi connectivity index (χ1v) is 9.61. The zero-order chi connectivity index (χ0) is 17.7. The highest BCUT2D eigenvalue weighted by Gasteiger charge is 2.22. The monoisotopic (exact) mass is 363 g/mol. The molecule has 24 heavy (non-hydrogen) atoms. The molecule has 7 heteroatoms. The van der Waals surface area contributed by atoms with Gasteiger partial charge in [0.15, 0.2) is 0 Å². The van der Waals surface area contributed by atoms with Crippen LogP contribution in [0.15, 0.2) is 64.4 Å². The molecule has 2 rings (SSSR count). The molecule has 0 amide bonds. The Bertz CT molecular complexity index is 875. The predicted octanol–water partition coefficient (Wildman–Crippen LogP) is 3.37. The SMILES string of the molecule is C/C=C/CSc1cc(C(=O)O)cc(S(N)(=O)=O)c1-c1ccccc1. The molecule has 0 bridgehead atoms. The van der Waals surface area contributed by atoms with E-state index in [0.717, 1.165) is 6.07 Å². The van der Waals surface area contributed by atoms with Crippen molar-refractivity contribution in [2.45, 2.75) is 16.7 Å². The average molecular weight is 363 g/mol. The van der Waals surface area contributed by atoms with Crippen molar-refractivity contribution in [1.29, 1.82) is 0 Å². The summed E-state index contributed by atoms with van der Waals surface area (Å²) >= 11 is 1.36. The summed E-state index contributed by atoms with van der Waals surface area (Å²) in [5.41, 5.74) is 0.987. The lowest BCUT2D eigenvalue weighted by Gasteiger charge is -2.15. The van der Waals surface area contributed by atoms with E-state index in [1.54, 1.807) is 24.3 Å². The van der Waals surface area contributed by atoms with Gasteiger partial charge < -0.3 is 5.11 Å². The van der Waals surface area contributed by atoms with Crippen molar-refractivity contribution < 1.29 is 18.3 Å². The highest BCUT2D eigenvalue weighted by atomic mass is 32.2. The second-order valence-electron chi connectivity index (χ2n) is 4.94. The van der Waals surface area contributed by atoms with Crippen molar-refractivity contribution >= 4 is 27.8 Å².